The van der Waals surface area contributed by atoms with Gasteiger partial charge in [0, 0.05) is 3.57 Å². The average Bonchev–Trinajstić information content (AvgIpc) is 3.19. The van der Waals surface area contributed by atoms with Crippen molar-refractivity contribution in [1.29, 1.82) is 0 Å². The van der Waals surface area contributed by atoms with E-state index >= 15 is 0 Å². The van der Waals surface area contributed by atoms with E-state index < -0.39 is 48.6 Å². The summed E-state index contributed by atoms with van der Waals surface area (Å²) in [5, 5.41) is 13.0. The average molecular weight is 597 g/mol. The number of carbonyl (C=O) groups is 2. The van der Waals surface area contributed by atoms with Gasteiger partial charge in [-0.2, -0.15) is 31.4 Å². The molecule has 2 aliphatic rings. The molecule has 0 aliphatic carbocycles. The van der Waals surface area contributed by atoms with Gasteiger partial charge in [0.2, 0.25) is 0 Å². The van der Waals surface area contributed by atoms with E-state index in [2.05, 4.69) is 5.10 Å². The Balaban J connectivity index is 1.66. The van der Waals surface area contributed by atoms with Gasteiger partial charge in [0.05, 0.1) is 29.8 Å². The van der Waals surface area contributed by atoms with Gasteiger partial charge in [-0.15, -0.1) is 0 Å². The third-order valence-corrected chi connectivity index (χ3v) is 6.46. The Bertz CT molecular complexity index is 1240. The highest BCUT2D eigenvalue weighted by atomic mass is 127. The lowest BCUT2D eigenvalue weighted by atomic mass is 10.0. The number of aryl methyl sites for hydroxylation is 1. The summed E-state index contributed by atoms with van der Waals surface area (Å²) in [6.07, 6.45) is -12.3. The number of fused-ring (bicyclic) bond motifs is 1. The molecule has 6 nitrogen and oxygen atoms in total. The molecule has 4 rings (SSSR count). The zero-order chi connectivity index (χ0) is 25.2. The quantitative estimate of drug-likeness (QED) is 0.315. The molecule has 2 amide bonds. The van der Waals surface area contributed by atoms with Crippen LogP contribution in [-0.2, 0) is 6.54 Å². The lowest BCUT2D eigenvalue weighted by Gasteiger charge is -2.34. The summed E-state index contributed by atoms with van der Waals surface area (Å²) in [6, 6.07) is 8.69. The Morgan fingerprint density at radius 2 is 1.76 bits per heavy atom. The van der Waals surface area contributed by atoms with E-state index in [0.29, 0.717) is 9.13 Å². The summed E-state index contributed by atoms with van der Waals surface area (Å²) in [4.78, 5) is 26.6. The molecule has 0 aromatic heterocycles. The van der Waals surface area contributed by atoms with E-state index in [0.717, 1.165) is 4.90 Å². The fourth-order valence-corrected chi connectivity index (χ4v) is 4.59. The minimum Gasteiger partial charge on any atom is -0.362 e. The monoisotopic (exact) mass is 597 g/mol. The normalized spacial score (nSPS) is 20.8. The van der Waals surface area contributed by atoms with E-state index in [4.69, 9.17) is 0 Å². The molecule has 1 unspecified atom stereocenters. The fraction of sp³-hybridized carbons (Fsp3) is 0.286. The molecule has 0 radical (unpaired) electrons. The smallest absolute Gasteiger partial charge is 0.362 e. The van der Waals surface area contributed by atoms with Gasteiger partial charge >= 0.3 is 12.4 Å². The number of amides is 2. The molecule has 2 heterocycles. The number of benzene rings is 2. The molecule has 13 heteroatoms. The maximum Gasteiger partial charge on any atom is 0.438 e. The van der Waals surface area contributed by atoms with Crippen molar-refractivity contribution in [3.8, 4) is 0 Å². The van der Waals surface area contributed by atoms with Crippen molar-refractivity contribution in [2.45, 2.75) is 38.0 Å². The van der Waals surface area contributed by atoms with Crippen molar-refractivity contribution in [3.05, 3.63) is 62.2 Å². The first-order valence-electron chi connectivity index (χ1n) is 9.63. The summed E-state index contributed by atoms with van der Waals surface area (Å²) < 4.78 is 79.9. The molecular weight excluding hydrogens is 583 g/mol. The molecule has 0 saturated heterocycles. The number of rotatable bonds is 3. The lowest BCUT2D eigenvalue weighted by molar-refractivity contribution is -0.310. The molecule has 34 heavy (non-hydrogen) atoms. The topological polar surface area (TPSA) is 73.2 Å². The number of imide groups is 1. The highest BCUT2D eigenvalue weighted by molar-refractivity contribution is 14.1. The third-order valence-electron chi connectivity index (χ3n) is 5.56. The zero-order valence-corrected chi connectivity index (χ0v) is 19.3. The minimum atomic E-state index is -5.41. The van der Waals surface area contributed by atoms with Crippen LogP contribution in [0.3, 0.4) is 0 Å². The molecule has 1 atom stereocenters. The summed E-state index contributed by atoms with van der Waals surface area (Å²) in [5.41, 5.74) is -4.55. The fourth-order valence-electron chi connectivity index (χ4n) is 3.86. The number of carbonyl (C=O) groups excluding carboxylic acids is 2. The van der Waals surface area contributed by atoms with E-state index in [-0.39, 0.29) is 27.4 Å². The van der Waals surface area contributed by atoms with Crippen LogP contribution in [0, 0.1) is 10.5 Å². The van der Waals surface area contributed by atoms with Crippen LogP contribution in [0.5, 0.6) is 0 Å². The SMILES string of the molecule is Cc1cc(CN2N=C(C(F)(F)F)CC2(O)C(F)(F)F)ccc1N1C(=O)c2cccc(I)c2C1=O. The standard InChI is InChI=1S/C21H14F6IN3O3/c1-10-7-11(9-30-19(34,21(25,26)27)8-15(29-30)20(22,23)24)5-6-14(10)31-17(32)12-3-2-4-13(28)16(12)18(31)33/h2-7,34H,8-9H2,1H3. The number of hydrazone groups is 1. The number of anilines is 1. The second kappa shape index (κ2) is 7.93. The molecule has 2 aromatic carbocycles. The van der Waals surface area contributed by atoms with E-state index in [1.165, 1.54) is 31.2 Å². The van der Waals surface area contributed by atoms with Gasteiger partial charge in [-0.25, -0.2) is 4.90 Å². The first-order valence-corrected chi connectivity index (χ1v) is 10.7. The third kappa shape index (κ3) is 3.83. The molecule has 1 N–H and O–H groups in total. The van der Waals surface area contributed by atoms with Crippen LogP contribution in [0.25, 0.3) is 0 Å². The summed E-state index contributed by atoms with van der Waals surface area (Å²) in [5.74, 6) is -1.13. The number of hydrogen-bond acceptors (Lipinski definition) is 5. The molecule has 0 bridgehead atoms. The van der Waals surface area contributed by atoms with Gasteiger partial charge in [-0.3, -0.25) is 14.6 Å². The number of halogens is 7. The Morgan fingerprint density at radius 3 is 2.32 bits per heavy atom. The molecule has 2 aromatic rings. The summed E-state index contributed by atoms with van der Waals surface area (Å²) >= 11 is 1.93. The second-order valence-corrected chi connectivity index (χ2v) is 8.98. The van der Waals surface area contributed by atoms with Crippen molar-refractivity contribution >= 4 is 45.8 Å². The van der Waals surface area contributed by atoms with Crippen LogP contribution >= 0.6 is 22.6 Å². The molecule has 180 valence electrons. The molecule has 0 fully saturated rings. The van der Waals surface area contributed by atoms with Crippen LogP contribution in [-0.4, -0.2) is 45.7 Å². The number of nitrogens with zero attached hydrogens (tertiary/aromatic N) is 3. The Morgan fingerprint density at radius 1 is 1.09 bits per heavy atom. The maximum absolute atomic E-state index is 13.4. The predicted octanol–water partition coefficient (Wildman–Crippen LogP) is 4.78. The molecular formula is C21H14F6IN3O3. The van der Waals surface area contributed by atoms with Crippen molar-refractivity contribution in [1.82, 2.24) is 5.01 Å². The first kappa shape index (κ1) is 24.4. The lowest BCUT2D eigenvalue weighted by Crippen LogP contribution is -2.54. The van der Waals surface area contributed by atoms with E-state index in [9.17, 15) is 41.0 Å². The van der Waals surface area contributed by atoms with E-state index in [1.807, 2.05) is 22.6 Å². The van der Waals surface area contributed by atoms with Gasteiger partial charge in [-0.1, -0.05) is 18.2 Å². The van der Waals surface area contributed by atoms with Crippen molar-refractivity contribution in [3.63, 3.8) is 0 Å². The van der Waals surface area contributed by atoms with Crippen LogP contribution in [0.2, 0.25) is 0 Å². The number of aliphatic hydroxyl groups is 1. The Kier molecular flexibility index (Phi) is 5.70. The largest absolute Gasteiger partial charge is 0.438 e. The molecule has 0 saturated carbocycles. The number of hydrogen-bond donors (Lipinski definition) is 1. The maximum atomic E-state index is 13.4. The Labute approximate surface area is 202 Å². The van der Waals surface area contributed by atoms with Crippen molar-refractivity contribution in [2.24, 2.45) is 5.10 Å². The van der Waals surface area contributed by atoms with Gasteiger partial charge in [-0.05, 0) is 58.8 Å². The minimum absolute atomic E-state index is 0.0470. The van der Waals surface area contributed by atoms with Crippen molar-refractivity contribution in [2.75, 3.05) is 4.90 Å². The van der Waals surface area contributed by atoms with Crippen molar-refractivity contribution < 1.29 is 41.0 Å². The summed E-state index contributed by atoms with van der Waals surface area (Å²) in [6.45, 7) is 0.703. The number of alkyl halides is 6. The van der Waals surface area contributed by atoms with Crippen LogP contribution < -0.4 is 4.90 Å². The molecule has 2 aliphatic heterocycles. The predicted molar refractivity (Wildman–Crippen MR) is 116 cm³/mol. The highest BCUT2D eigenvalue weighted by Crippen LogP contribution is 2.44. The van der Waals surface area contributed by atoms with Gasteiger partial charge in [0.1, 0.15) is 5.71 Å². The Hall–Kier alpha value is -2.68. The van der Waals surface area contributed by atoms with Crippen LogP contribution in [0.15, 0.2) is 41.5 Å². The van der Waals surface area contributed by atoms with Crippen LogP contribution in [0.1, 0.15) is 38.3 Å². The second-order valence-electron chi connectivity index (χ2n) is 7.82. The first-order chi connectivity index (χ1) is 15.6. The van der Waals surface area contributed by atoms with Gasteiger partial charge < -0.3 is 5.11 Å². The molecule has 0 spiro atoms. The van der Waals surface area contributed by atoms with Gasteiger partial charge in [0.25, 0.3) is 17.5 Å². The summed E-state index contributed by atoms with van der Waals surface area (Å²) in [7, 11) is 0. The highest BCUT2D eigenvalue weighted by Gasteiger charge is 2.64. The van der Waals surface area contributed by atoms with Crippen LogP contribution in [0.4, 0.5) is 32.0 Å². The van der Waals surface area contributed by atoms with E-state index in [1.54, 1.807) is 12.1 Å². The van der Waals surface area contributed by atoms with Gasteiger partial charge in [0.15, 0.2) is 0 Å². The zero-order valence-electron chi connectivity index (χ0n) is 17.1.